The molecule has 0 radical (unpaired) electrons. The number of benzene rings is 2. The minimum Gasteiger partial charge on any atom is -0.451 e. The third kappa shape index (κ3) is 4.82. The van der Waals surface area contributed by atoms with E-state index in [-0.39, 0.29) is 29.5 Å². The van der Waals surface area contributed by atoms with E-state index in [1.807, 2.05) is 18.2 Å². The lowest BCUT2D eigenvalue weighted by Gasteiger charge is -2.28. The Hall–Kier alpha value is -3.09. The fourth-order valence-electron chi connectivity index (χ4n) is 4.28. The molecule has 2 aromatic carbocycles. The number of furan rings is 1. The van der Waals surface area contributed by atoms with Crippen molar-refractivity contribution in [3.05, 3.63) is 70.4 Å². The standard InChI is InChI=1S/C25H21Cl2N3O3/c26-17-4-8-20-15(11-17)3-10-23(29-20)30-24(31)14-1-6-19(7-2-14)28-25(32)22-13-16-12-18(27)5-9-21(16)33-22/h3-5,8-14,19H,1-2,6-7H2,(H,28,32)(H,29,30,31)/t14-,19-. The van der Waals surface area contributed by atoms with Crippen molar-refractivity contribution < 1.29 is 14.0 Å². The van der Waals surface area contributed by atoms with Crippen molar-refractivity contribution >= 4 is 62.7 Å². The zero-order chi connectivity index (χ0) is 22.9. The minimum absolute atomic E-state index is 0.00175. The normalized spacial score (nSPS) is 18.4. The fourth-order valence-corrected chi connectivity index (χ4v) is 4.64. The van der Waals surface area contributed by atoms with Gasteiger partial charge in [0.25, 0.3) is 5.91 Å². The summed E-state index contributed by atoms with van der Waals surface area (Å²) in [4.78, 5) is 29.9. The van der Waals surface area contributed by atoms with Gasteiger partial charge in [-0.25, -0.2) is 4.98 Å². The highest BCUT2D eigenvalue weighted by molar-refractivity contribution is 6.31. The van der Waals surface area contributed by atoms with Gasteiger partial charge in [-0.05, 0) is 80.3 Å². The first-order valence-corrected chi connectivity index (χ1v) is 11.6. The fraction of sp³-hybridized carbons (Fsp3) is 0.240. The largest absolute Gasteiger partial charge is 0.451 e. The van der Waals surface area contributed by atoms with Crippen LogP contribution in [0.1, 0.15) is 36.2 Å². The number of aromatic nitrogens is 1. The summed E-state index contributed by atoms with van der Waals surface area (Å²) in [6.07, 6.45) is 2.82. The van der Waals surface area contributed by atoms with E-state index in [1.165, 1.54) is 0 Å². The molecule has 2 amide bonds. The molecule has 2 N–H and O–H groups in total. The van der Waals surface area contributed by atoms with Gasteiger partial charge >= 0.3 is 0 Å². The van der Waals surface area contributed by atoms with Crippen LogP contribution in [0.3, 0.4) is 0 Å². The summed E-state index contributed by atoms with van der Waals surface area (Å²) in [6, 6.07) is 16.1. The van der Waals surface area contributed by atoms with Gasteiger partial charge in [-0.3, -0.25) is 9.59 Å². The van der Waals surface area contributed by atoms with Crippen molar-refractivity contribution in [2.24, 2.45) is 5.92 Å². The number of nitrogens with one attached hydrogen (secondary N) is 2. The molecular formula is C25H21Cl2N3O3. The molecule has 33 heavy (non-hydrogen) atoms. The maximum Gasteiger partial charge on any atom is 0.287 e. The molecule has 1 fully saturated rings. The highest BCUT2D eigenvalue weighted by Crippen LogP contribution is 2.27. The third-order valence-electron chi connectivity index (χ3n) is 6.04. The first kappa shape index (κ1) is 21.7. The maximum absolute atomic E-state index is 12.7. The van der Waals surface area contributed by atoms with Crippen LogP contribution in [0.5, 0.6) is 0 Å². The molecule has 6 nitrogen and oxygen atoms in total. The topological polar surface area (TPSA) is 84.2 Å². The van der Waals surface area contributed by atoms with E-state index in [0.717, 1.165) is 29.1 Å². The number of rotatable bonds is 4. The van der Waals surface area contributed by atoms with E-state index in [4.69, 9.17) is 27.6 Å². The Morgan fingerprint density at radius 1 is 0.879 bits per heavy atom. The van der Waals surface area contributed by atoms with Crippen molar-refractivity contribution in [1.29, 1.82) is 0 Å². The smallest absolute Gasteiger partial charge is 0.287 e. The molecule has 2 heterocycles. The summed E-state index contributed by atoms with van der Waals surface area (Å²) < 4.78 is 5.64. The predicted molar refractivity (Wildman–Crippen MR) is 130 cm³/mol. The Morgan fingerprint density at radius 2 is 1.61 bits per heavy atom. The average Bonchev–Trinajstić information content (AvgIpc) is 3.23. The van der Waals surface area contributed by atoms with Crippen LogP contribution in [0.25, 0.3) is 21.9 Å². The van der Waals surface area contributed by atoms with Crippen molar-refractivity contribution in [2.45, 2.75) is 31.7 Å². The van der Waals surface area contributed by atoms with Gasteiger partial charge in [0.15, 0.2) is 5.76 Å². The van der Waals surface area contributed by atoms with Crippen LogP contribution in [0.4, 0.5) is 5.82 Å². The van der Waals surface area contributed by atoms with Crippen LogP contribution in [-0.2, 0) is 4.79 Å². The molecule has 5 rings (SSSR count). The second kappa shape index (κ2) is 9.04. The first-order chi connectivity index (χ1) is 15.9. The van der Waals surface area contributed by atoms with Crippen LogP contribution >= 0.6 is 23.2 Å². The maximum atomic E-state index is 12.7. The summed E-state index contributed by atoms with van der Waals surface area (Å²) in [5.41, 5.74) is 1.40. The summed E-state index contributed by atoms with van der Waals surface area (Å²) in [5.74, 6) is 0.366. The van der Waals surface area contributed by atoms with Crippen LogP contribution in [-0.4, -0.2) is 22.8 Å². The molecule has 0 unspecified atom stereocenters. The van der Waals surface area contributed by atoms with Gasteiger partial charge in [-0.15, -0.1) is 0 Å². The molecule has 1 saturated carbocycles. The van der Waals surface area contributed by atoms with Crippen molar-refractivity contribution in [2.75, 3.05) is 5.32 Å². The number of fused-ring (bicyclic) bond motifs is 2. The molecule has 1 aliphatic carbocycles. The molecule has 0 atom stereocenters. The van der Waals surface area contributed by atoms with Gasteiger partial charge in [0.1, 0.15) is 11.4 Å². The molecule has 0 saturated heterocycles. The summed E-state index contributed by atoms with van der Waals surface area (Å²) in [5, 5.41) is 8.90. The SMILES string of the molecule is O=C(N[C@H]1CC[C@H](C(=O)Nc2ccc3cc(Cl)ccc3n2)CC1)c1cc2cc(Cl)ccc2o1. The van der Waals surface area contributed by atoms with E-state index >= 15 is 0 Å². The van der Waals surface area contributed by atoms with Crippen LogP contribution in [0, 0.1) is 5.92 Å². The van der Waals surface area contributed by atoms with Crippen molar-refractivity contribution in [3.63, 3.8) is 0 Å². The molecule has 168 valence electrons. The second-order valence-corrected chi connectivity index (χ2v) is 9.21. The first-order valence-electron chi connectivity index (χ1n) is 10.8. The predicted octanol–water partition coefficient (Wildman–Crippen LogP) is 6.22. The molecule has 0 spiro atoms. The lowest BCUT2D eigenvalue weighted by atomic mass is 9.85. The third-order valence-corrected chi connectivity index (χ3v) is 6.51. The number of hydrogen-bond donors (Lipinski definition) is 2. The number of halogens is 2. The summed E-state index contributed by atoms with van der Waals surface area (Å²) >= 11 is 12.0. The van der Waals surface area contributed by atoms with Crippen LogP contribution in [0.15, 0.2) is 59.0 Å². The number of anilines is 1. The number of pyridine rings is 1. The number of hydrogen-bond acceptors (Lipinski definition) is 4. The number of carbonyl (C=O) groups excluding carboxylic acids is 2. The van der Waals surface area contributed by atoms with E-state index in [2.05, 4.69) is 15.6 Å². The molecule has 0 bridgehead atoms. The van der Waals surface area contributed by atoms with Gasteiger partial charge in [0.05, 0.1) is 5.52 Å². The lowest BCUT2D eigenvalue weighted by Crippen LogP contribution is -2.39. The zero-order valence-corrected chi connectivity index (χ0v) is 19.1. The van der Waals surface area contributed by atoms with Gasteiger partial charge in [0, 0.05) is 32.8 Å². The molecule has 8 heteroatoms. The van der Waals surface area contributed by atoms with Crippen molar-refractivity contribution in [1.82, 2.24) is 10.3 Å². The molecule has 0 aliphatic heterocycles. The number of carbonyl (C=O) groups is 2. The molecular weight excluding hydrogens is 461 g/mol. The number of nitrogens with zero attached hydrogens (tertiary/aromatic N) is 1. The van der Waals surface area contributed by atoms with Gasteiger partial charge in [-0.2, -0.15) is 0 Å². The van der Waals surface area contributed by atoms with Crippen molar-refractivity contribution in [3.8, 4) is 0 Å². The number of amides is 2. The Balaban J connectivity index is 1.16. The highest BCUT2D eigenvalue weighted by atomic mass is 35.5. The quantitative estimate of drug-likeness (QED) is 0.362. The van der Waals surface area contributed by atoms with Gasteiger partial charge < -0.3 is 15.1 Å². The molecule has 4 aromatic rings. The van der Waals surface area contributed by atoms with Crippen LogP contribution in [0.2, 0.25) is 10.0 Å². The Morgan fingerprint density at radius 3 is 2.39 bits per heavy atom. The zero-order valence-electron chi connectivity index (χ0n) is 17.6. The van der Waals surface area contributed by atoms with E-state index in [9.17, 15) is 9.59 Å². The van der Waals surface area contributed by atoms with E-state index < -0.39 is 0 Å². The Bertz CT molecular complexity index is 1360. The second-order valence-electron chi connectivity index (χ2n) is 8.34. The Labute approximate surface area is 200 Å². The Kier molecular flexibility index (Phi) is 5.96. The summed E-state index contributed by atoms with van der Waals surface area (Å²) in [7, 11) is 0. The highest BCUT2D eigenvalue weighted by Gasteiger charge is 2.28. The van der Waals surface area contributed by atoms with E-state index in [0.29, 0.717) is 34.3 Å². The lowest BCUT2D eigenvalue weighted by molar-refractivity contribution is -0.120. The van der Waals surface area contributed by atoms with Gasteiger partial charge in [0.2, 0.25) is 5.91 Å². The minimum atomic E-state index is -0.254. The van der Waals surface area contributed by atoms with E-state index in [1.54, 1.807) is 36.4 Å². The van der Waals surface area contributed by atoms with Crippen LogP contribution < -0.4 is 10.6 Å². The monoisotopic (exact) mass is 481 g/mol. The molecule has 2 aromatic heterocycles. The van der Waals surface area contributed by atoms with Gasteiger partial charge in [-0.1, -0.05) is 23.2 Å². The molecule has 1 aliphatic rings. The summed E-state index contributed by atoms with van der Waals surface area (Å²) in [6.45, 7) is 0. The average molecular weight is 482 g/mol.